The van der Waals surface area contributed by atoms with Gasteiger partial charge in [0.05, 0.1) is 6.54 Å². The number of hydrogen-bond acceptors (Lipinski definition) is 2. The molecule has 2 nitrogen and oxygen atoms in total. The summed E-state index contributed by atoms with van der Waals surface area (Å²) in [6, 6.07) is 0.537. The smallest absolute Gasteiger partial charge is 0.251 e. The molecule has 0 saturated carbocycles. The zero-order valence-electron chi connectivity index (χ0n) is 10.1. The van der Waals surface area contributed by atoms with E-state index in [0.29, 0.717) is 6.04 Å². The Morgan fingerprint density at radius 3 is 2.47 bits per heavy atom. The molecule has 0 amide bonds. The lowest BCUT2D eigenvalue weighted by Gasteiger charge is -2.16. The molecule has 0 rings (SSSR count). The van der Waals surface area contributed by atoms with Gasteiger partial charge in [0, 0.05) is 6.04 Å². The van der Waals surface area contributed by atoms with Gasteiger partial charge in [-0.2, -0.15) is 0 Å². The third kappa shape index (κ3) is 10.1. The van der Waals surface area contributed by atoms with Crippen molar-refractivity contribution in [3.63, 3.8) is 0 Å². The van der Waals surface area contributed by atoms with Crippen LogP contribution in [0.5, 0.6) is 0 Å². The number of halogens is 2. The first-order chi connectivity index (χ1) is 7.06. The molecule has 4 heteroatoms. The van der Waals surface area contributed by atoms with Crippen molar-refractivity contribution in [2.75, 3.05) is 26.7 Å². The van der Waals surface area contributed by atoms with Crippen molar-refractivity contribution >= 4 is 0 Å². The van der Waals surface area contributed by atoms with Crippen LogP contribution in [0.3, 0.4) is 0 Å². The summed E-state index contributed by atoms with van der Waals surface area (Å²) in [5.41, 5.74) is 0. The molecule has 0 aromatic carbocycles. The van der Waals surface area contributed by atoms with Gasteiger partial charge in [0.15, 0.2) is 0 Å². The molecule has 0 aliphatic rings. The summed E-state index contributed by atoms with van der Waals surface area (Å²) in [5, 5.41) is 3.33. The van der Waals surface area contributed by atoms with Gasteiger partial charge in [-0.1, -0.05) is 13.3 Å². The van der Waals surface area contributed by atoms with Crippen molar-refractivity contribution in [2.45, 2.75) is 45.6 Å². The summed E-state index contributed by atoms with van der Waals surface area (Å²) < 4.78 is 23.9. The van der Waals surface area contributed by atoms with Crippen molar-refractivity contribution in [3.8, 4) is 0 Å². The van der Waals surface area contributed by atoms with Crippen LogP contribution in [0.25, 0.3) is 0 Å². The van der Waals surface area contributed by atoms with Gasteiger partial charge in [-0.25, -0.2) is 8.78 Å². The fraction of sp³-hybridized carbons (Fsp3) is 1.00. The minimum Gasteiger partial charge on any atom is -0.315 e. The summed E-state index contributed by atoms with van der Waals surface area (Å²) in [5.74, 6) is 0. The van der Waals surface area contributed by atoms with Gasteiger partial charge in [0.25, 0.3) is 6.43 Å². The molecule has 1 atom stereocenters. The second-order valence-corrected chi connectivity index (χ2v) is 4.11. The van der Waals surface area contributed by atoms with Gasteiger partial charge in [-0.3, -0.25) is 0 Å². The summed E-state index contributed by atoms with van der Waals surface area (Å²) in [7, 11) is 1.75. The standard InChI is InChI=1S/C11H24F2N2/c1-4-14-10(2)7-5-6-8-15(3)9-11(12)13/h10-11,14H,4-9H2,1-3H3. The monoisotopic (exact) mass is 222 g/mol. The Hall–Kier alpha value is -0.220. The van der Waals surface area contributed by atoms with Gasteiger partial charge >= 0.3 is 0 Å². The molecular formula is C11H24F2N2. The number of alkyl halides is 2. The van der Waals surface area contributed by atoms with E-state index in [1.807, 2.05) is 0 Å². The van der Waals surface area contributed by atoms with Crippen LogP contribution in [0.4, 0.5) is 8.78 Å². The first kappa shape index (κ1) is 14.8. The highest BCUT2D eigenvalue weighted by molar-refractivity contribution is 4.60. The van der Waals surface area contributed by atoms with Crippen LogP contribution in [-0.4, -0.2) is 44.0 Å². The average molecular weight is 222 g/mol. The molecule has 0 saturated heterocycles. The zero-order chi connectivity index (χ0) is 11.7. The second-order valence-electron chi connectivity index (χ2n) is 4.11. The van der Waals surface area contributed by atoms with Gasteiger partial charge in [-0.15, -0.1) is 0 Å². The topological polar surface area (TPSA) is 15.3 Å². The summed E-state index contributed by atoms with van der Waals surface area (Å²) in [4.78, 5) is 1.70. The molecule has 0 aliphatic carbocycles. The lowest BCUT2D eigenvalue weighted by atomic mass is 10.1. The summed E-state index contributed by atoms with van der Waals surface area (Å²) >= 11 is 0. The molecule has 1 unspecified atom stereocenters. The molecule has 1 N–H and O–H groups in total. The highest BCUT2D eigenvalue weighted by Gasteiger charge is 2.07. The molecule has 0 aliphatic heterocycles. The number of unbranched alkanes of at least 4 members (excludes halogenated alkanes) is 1. The largest absolute Gasteiger partial charge is 0.315 e. The Kier molecular flexibility index (Phi) is 8.91. The summed E-state index contributed by atoms with van der Waals surface area (Å²) in [6.45, 7) is 5.90. The minimum atomic E-state index is -2.21. The maximum atomic E-state index is 12.0. The Labute approximate surface area is 92.0 Å². The van der Waals surface area contributed by atoms with Crippen LogP contribution in [0.1, 0.15) is 33.1 Å². The Bertz CT molecular complexity index is 143. The third-order valence-corrected chi connectivity index (χ3v) is 2.43. The lowest BCUT2D eigenvalue weighted by molar-refractivity contribution is 0.0995. The Balaban J connectivity index is 3.30. The molecule has 0 bridgehead atoms. The van der Waals surface area contributed by atoms with E-state index in [9.17, 15) is 8.78 Å². The van der Waals surface area contributed by atoms with Crippen LogP contribution >= 0.6 is 0 Å². The van der Waals surface area contributed by atoms with Crippen molar-refractivity contribution in [2.24, 2.45) is 0 Å². The van der Waals surface area contributed by atoms with Crippen molar-refractivity contribution in [1.82, 2.24) is 10.2 Å². The maximum Gasteiger partial charge on any atom is 0.251 e. The molecule has 0 radical (unpaired) electrons. The molecular weight excluding hydrogens is 198 g/mol. The first-order valence-electron chi connectivity index (χ1n) is 5.76. The van der Waals surface area contributed by atoms with E-state index in [-0.39, 0.29) is 6.54 Å². The van der Waals surface area contributed by atoms with Crippen molar-refractivity contribution in [1.29, 1.82) is 0 Å². The van der Waals surface area contributed by atoms with Gasteiger partial charge in [-0.05, 0) is 39.9 Å². The highest BCUT2D eigenvalue weighted by atomic mass is 19.3. The molecule has 0 heterocycles. The Morgan fingerprint density at radius 2 is 1.93 bits per heavy atom. The predicted molar refractivity (Wildman–Crippen MR) is 60.5 cm³/mol. The van der Waals surface area contributed by atoms with E-state index >= 15 is 0 Å². The van der Waals surface area contributed by atoms with Crippen LogP contribution in [0.2, 0.25) is 0 Å². The van der Waals surface area contributed by atoms with Gasteiger partial charge in [0.1, 0.15) is 0 Å². The van der Waals surface area contributed by atoms with Crippen molar-refractivity contribution in [3.05, 3.63) is 0 Å². The van der Waals surface area contributed by atoms with Crippen LogP contribution in [0, 0.1) is 0 Å². The average Bonchev–Trinajstić information content (AvgIpc) is 2.12. The lowest BCUT2D eigenvalue weighted by Crippen LogP contribution is -2.27. The van der Waals surface area contributed by atoms with E-state index in [1.165, 1.54) is 0 Å². The highest BCUT2D eigenvalue weighted by Crippen LogP contribution is 2.03. The number of hydrogen-bond donors (Lipinski definition) is 1. The molecule has 0 spiro atoms. The minimum absolute atomic E-state index is 0.108. The van der Waals surface area contributed by atoms with E-state index in [1.54, 1.807) is 11.9 Å². The van der Waals surface area contributed by atoms with Crippen molar-refractivity contribution < 1.29 is 8.78 Å². The zero-order valence-corrected chi connectivity index (χ0v) is 10.1. The predicted octanol–water partition coefficient (Wildman–Crippen LogP) is 2.35. The molecule has 0 aromatic rings. The van der Waals surface area contributed by atoms with E-state index < -0.39 is 6.43 Å². The normalized spacial score (nSPS) is 13.8. The molecule has 0 aromatic heterocycles. The summed E-state index contributed by atoms with van der Waals surface area (Å²) in [6.07, 6.45) is 1.01. The van der Waals surface area contributed by atoms with E-state index in [4.69, 9.17) is 0 Å². The number of rotatable bonds is 9. The number of nitrogens with zero attached hydrogens (tertiary/aromatic N) is 1. The second kappa shape index (κ2) is 9.04. The molecule has 15 heavy (non-hydrogen) atoms. The fourth-order valence-electron chi connectivity index (χ4n) is 1.61. The van der Waals surface area contributed by atoms with Crippen LogP contribution in [-0.2, 0) is 0 Å². The van der Waals surface area contributed by atoms with Gasteiger partial charge < -0.3 is 10.2 Å². The van der Waals surface area contributed by atoms with E-state index in [0.717, 1.165) is 32.4 Å². The van der Waals surface area contributed by atoms with Crippen LogP contribution in [0.15, 0.2) is 0 Å². The third-order valence-electron chi connectivity index (χ3n) is 2.43. The van der Waals surface area contributed by atoms with Gasteiger partial charge in [0.2, 0.25) is 0 Å². The number of nitrogens with one attached hydrogen (secondary N) is 1. The molecule has 92 valence electrons. The SMILES string of the molecule is CCNC(C)CCCCN(C)CC(F)F. The quantitative estimate of drug-likeness (QED) is 0.602. The van der Waals surface area contributed by atoms with E-state index in [2.05, 4.69) is 19.2 Å². The molecule has 0 fully saturated rings. The Morgan fingerprint density at radius 1 is 1.27 bits per heavy atom. The van der Waals surface area contributed by atoms with Crippen LogP contribution < -0.4 is 5.32 Å². The maximum absolute atomic E-state index is 12.0. The fourth-order valence-corrected chi connectivity index (χ4v) is 1.61. The first-order valence-corrected chi connectivity index (χ1v) is 5.76.